The zero-order valence-electron chi connectivity index (χ0n) is 11.8. The Morgan fingerprint density at radius 3 is 2.53 bits per heavy atom. The predicted octanol–water partition coefficient (Wildman–Crippen LogP) is 1.86. The summed E-state index contributed by atoms with van der Waals surface area (Å²) in [5.74, 6) is 0.655. The van der Waals surface area contributed by atoms with Crippen molar-refractivity contribution in [3.63, 3.8) is 0 Å². The smallest absolute Gasteiger partial charge is 0.0645 e. The third-order valence-corrected chi connectivity index (χ3v) is 4.84. The summed E-state index contributed by atoms with van der Waals surface area (Å²) in [6.07, 6.45) is 2.55. The van der Waals surface area contributed by atoms with E-state index in [2.05, 4.69) is 32.6 Å². The lowest BCUT2D eigenvalue weighted by Gasteiger charge is -2.44. The van der Waals surface area contributed by atoms with Crippen LogP contribution in [0, 0.1) is 11.3 Å². The highest BCUT2D eigenvalue weighted by atomic mass is 16.5. The molecule has 2 N–H and O–H groups in total. The van der Waals surface area contributed by atoms with E-state index in [1.54, 1.807) is 0 Å². The molecule has 1 aliphatic heterocycles. The Kier molecular flexibility index (Phi) is 3.54. The number of rotatable bonds is 2. The molecule has 2 rings (SSSR count). The molecule has 2 aliphatic rings. The maximum absolute atomic E-state index is 6.40. The summed E-state index contributed by atoms with van der Waals surface area (Å²) >= 11 is 0. The Hall–Kier alpha value is -0.120. The second-order valence-corrected chi connectivity index (χ2v) is 7.12. The van der Waals surface area contributed by atoms with Crippen molar-refractivity contribution in [2.75, 3.05) is 26.3 Å². The topological polar surface area (TPSA) is 38.5 Å². The Morgan fingerprint density at radius 2 is 2.00 bits per heavy atom. The molecule has 1 aliphatic carbocycles. The molecule has 0 bridgehead atoms. The Balaban J connectivity index is 1.97. The molecule has 100 valence electrons. The monoisotopic (exact) mass is 240 g/mol. The fourth-order valence-electron chi connectivity index (χ4n) is 3.26. The van der Waals surface area contributed by atoms with Crippen LogP contribution in [-0.2, 0) is 4.74 Å². The molecule has 0 amide bonds. The van der Waals surface area contributed by atoms with Crippen molar-refractivity contribution < 1.29 is 4.74 Å². The van der Waals surface area contributed by atoms with Crippen LogP contribution in [0.3, 0.4) is 0 Å². The molecule has 2 atom stereocenters. The summed E-state index contributed by atoms with van der Waals surface area (Å²) in [5, 5.41) is 0. The SMILES string of the molecule is CC1(C)CCC(CN2CCOCC2(C)C)C1N. The van der Waals surface area contributed by atoms with Gasteiger partial charge in [0.05, 0.1) is 13.2 Å². The lowest BCUT2D eigenvalue weighted by Crippen LogP contribution is -2.55. The summed E-state index contributed by atoms with van der Waals surface area (Å²) < 4.78 is 5.57. The second-order valence-electron chi connectivity index (χ2n) is 7.12. The molecular formula is C14H28N2O. The highest BCUT2D eigenvalue weighted by Gasteiger charge is 2.42. The van der Waals surface area contributed by atoms with Crippen LogP contribution in [0.25, 0.3) is 0 Å². The van der Waals surface area contributed by atoms with Crippen molar-refractivity contribution in [1.82, 2.24) is 4.90 Å². The van der Waals surface area contributed by atoms with Crippen molar-refractivity contribution in [2.24, 2.45) is 17.1 Å². The Bertz CT molecular complexity index is 275. The van der Waals surface area contributed by atoms with E-state index in [9.17, 15) is 0 Å². The van der Waals surface area contributed by atoms with Gasteiger partial charge in [-0.05, 0) is 38.0 Å². The van der Waals surface area contributed by atoms with Gasteiger partial charge in [-0.2, -0.15) is 0 Å². The Labute approximate surface area is 106 Å². The van der Waals surface area contributed by atoms with Gasteiger partial charge in [0.2, 0.25) is 0 Å². The summed E-state index contributed by atoms with van der Waals surface area (Å²) in [4.78, 5) is 2.57. The maximum Gasteiger partial charge on any atom is 0.0645 e. The summed E-state index contributed by atoms with van der Waals surface area (Å²) in [7, 11) is 0. The number of hydrogen-bond acceptors (Lipinski definition) is 3. The van der Waals surface area contributed by atoms with Gasteiger partial charge in [0, 0.05) is 24.7 Å². The van der Waals surface area contributed by atoms with Crippen LogP contribution >= 0.6 is 0 Å². The first-order valence-corrected chi connectivity index (χ1v) is 6.91. The van der Waals surface area contributed by atoms with Crippen LogP contribution in [-0.4, -0.2) is 42.8 Å². The average molecular weight is 240 g/mol. The number of hydrogen-bond donors (Lipinski definition) is 1. The zero-order valence-corrected chi connectivity index (χ0v) is 11.8. The van der Waals surface area contributed by atoms with E-state index < -0.39 is 0 Å². The molecule has 17 heavy (non-hydrogen) atoms. The molecule has 3 heteroatoms. The fourth-order valence-corrected chi connectivity index (χ4v) is 3.26. The van der Waals surface area contributed by atoms with E-state index in [1.807, 2.05) is 0 Å². The highest BCUT2D eigenvalue weighted by Crippen LogP contribution is 2.41. The minimum atomic E-state index is 0.171. The van der Waals surface area contributed by atoms with Gasteiger partial charge in [0.15, 0.2) is 0 Å². The van der Waals surface area contributed by atoms with Gasteiger partial charge in [-0.15, -0.1) is 0 Å². The molecule has 2 unspecified atom stereocenters. The largest absolute Gasteiger partial charge is 0.378 e. The van der Waals surface area contributed by atoms with Gasteiger partial charge in [0.1, 0.15) is 0 Å². The quantitative estimate of drug-likeness (QED) is 0.800. The Morgan fingerprint density at radius 1 is 1.29 bits per heavy atom. The number of morpholine rings is 1. The molecular weight excluding hydrogens is 212 g/mol. The van der Waals surface area contributed by atoms with Crippen LogP contribution < -0.4 is 5.73 Å². The van der Waals surface area contributed by atoms with Crippen LogP contribution in [0.4, 0.5) is 0 Å². The van der Waals surface area contributed by atoms with Gasteiger partial charge < -0.3 is 10.5 Å². The third kappa shape index (κ3) is 2.67. The highest BCUT2D eigenvalue weighted by molar-refractivity contribution is 4.97. The second kappa shape index (κ2) is 4.52. The molecule has 1 saturated heterocycles. The average Bonchev–Trinajstić information content (AvgIpc) is 2.48. The first kappa shape index (κ1) is 13.3. The summed E-state index contributed by atoms with van der Waals surface area (Å²) in [5.41, 5.74) is 6.90. The van der Waals surface area contributed by atoms with Crippen molar-refractivity contribution >= 4 is 0 Å². The number of nitrogens with two attached hydrogens (primary N) is 1. The summed E-state index contributed by atoms with van der Waals surface area (Å²) in [6.45, 7) is 13.1. The van der Waals surface area contributed by atoms with E-state index in [-0.39, 0.29) is 5.54 Å². The van der Waals surface area contributed by atoms with Gasteiger partial charge in [0.25, 0.3) is 0 Å². The fraction of sp³-hybridized carbons (Fsp3) is 1.00. The normalized spacial score (nSPS) is 37.2. The van der Waals surface area contributed by atoms with Crippen LogP contribution in [0.2, 0.25) is 0 Å². The summed E-state index contributed by atoms with van der Waals surface area (Å²) in [6, 6.07) is 0.348. The van der Waals surface area contributed by atoms with Gasteiger partial charge in [-0.1, -0.05) is 13.8 Å². The molecule has 0 spiro atoms. The van der Waals surface area contributed by atoms with Gasteiger partial charge in [-0.25, -0.2) is 0 Å². The standard InChI is InChI=1S/C14H28N2O/c1-13(2)6-5-11(12(13)15)9-16-7-8-17-10-14(16,3)4/h11-12H,5-10,15H2,1-4H3. The van der Waals surface area contributed by atoms with Crippen molar-refractivity contribution in [3.8, 4) is 0 Å². The predicted molar refractivity (Wildman–Crippen MR) is 71.0 cm³/mol. The first-order chi connectivity index (χ1) is 7.83. The molecule has 2 fully saturated rings. The van der Waals surface area contributed by atoms with Crippen LogP contribution in [0.1, 0.15) is 40.5 Å². The number of ether oxygens (including phenoxy) is 1. The molecule has 0 aromatic carbocycles. The third-order valence-electron chi connectivity index (χ3n) is 4.84. The van der Waals surface area contributed by atoms with Crippen LogP contribution in [0.15, 0.2) is 0 Å². The van der Waals surface area contributed by atoms with E-state index in [0.29, 0.717) is 17.4 Å². The van der Waals surface area contributed by atoms with Crippen molar-refractivity contribution in [2.45, 2.75) is 52.1 Å². The van der Waals surface area contributed by atoms with Crippen LogP contribution in [0.5, 0.6) is 0 Å². The minimum Gasteiger partial charge on any atom is -0.378 e. The van der Waals surface area contributed by atoms with Gasteiger partial charge >= 0.3 is 0 Å². The first-order valence-electron chi connectivity index (χ1n) is 6.91. The van der Waals surface area contributed by atoms with Gasteiger partial charge in [-0.3, -0.25) is 4.90 Å². The van der Waals surface area contributed by atoms with Crippen molar-refractivity contribution in [1.29, 1.82) is 0 Å². The maximum atomic E-state index is 6.40. The lowest BCUT2D eigenvalue weighted by atomic mass is 9.85. The van der Waals surface area contributed by atoms with E-state index in [1.165, 1.54) is 12.8 Å². The molecule has 3 nitrogen and oxygen atoms in total. The minimum absolute atomic E-state index is 0.171. The molecule has 0 radical (unpaired) electrons. The molecule has 1 heterocycles. The zero-order chi connectivity index (χ0) is 12.7. The molecule has 0 aromatic heterocycles. The van der Waals surface area contributed by atoms with E-state index >= 15 is 0 Å². The number of nitrogens with zero attached hydrogens (tertiary/aromatic N) is 1. The van der Waals surface area contributed by atoms with E-state index in [4.69, 9.17) is 10.5 Å². The molecule has 0 aromatic rings. The van der Waals surface area contributed by atoms with E-state index in [0.717, 1.165) is 26.3 Å². The lowest BCUT2D eigenvalue weighted by molar-refractivity contribution is -0.0581. The van der Waals surface area contributed by atoms with Crippen molar-refractivity contribution in [3.05, 3.63) is 0 Å². The molecule has 1 saturated carbocycles.